The van der Waals surface area contributed by atoms with E-state index in [1.54, 1.807) is 23.3 Å². The molecular weight excluding hydrogens is 350 g/mol. The number of carbonyl (C=O) groups excluding carboxylic acids is 1. The summed E-state index contributed by atoms with van der Waals surface area (Å²) in [7, 11) is 0. The van der Waals surface area contributed by atoms with Gasteiger partial charge in [0, 0.05) is 12.4 Å². The number of carbonyl (C=O) groups is 1. The Morgan fingerprint density at radius 1 is 0.893 bits per heavy atom. The Morgan fingerprint density at radius 3 is 2.36 bits per heavy atom. The molecule has 6 heteroatoms. The SMILES string of the molecule is O=C(Cc1ccc(-c2ccccc2)cc1)NCc1cn(-c2ccncc2)nn1. The molecule has 0 saturated heterocycles. The van der Waals surface area contributed by atoms with Crippen LogP contribution in [0.1, 0.15) is 11.3 Å². The van der Waals surface area contributed by atoms with Gasteiger partial charge in [0.25, 0.3) is 0 Å². The summed E-state index contributed by atoms with van der Waals surface area (Å²) < 4.78 is 1.66. The Balaban J connectivity index is 1.32. The molecule has 1 N–H and O–H groups in total. The van der Waals surface area contributed by atoms with Gasteiger partial charge in [-0.25, -0.2) is 4.68 Å². The van der Waals surface area contributed by atoms with Crippen molar-refractivity contribution in [1.82, 2.24) is 25.3 Å². The highest BCUT2D eigenvalue weighted by molar-refractivity contribution is 5.78. The first-order chi connectivity index (χ1) is 13.8. The van der Waals surface area contributed by atoms with Gasteiger partial charge in [-0.3, -0.25) is 9.78 Å². The summed E-state index contributed by atoms with van der Waals surface area (Å²) in [6.07, 6.45) is 5.51. The number of hydrogen-bond donors (Lipinski definition) is 1. The summed E-state index contributed by atoms with van der Waals surface area (Å²) in [5, 5.41) is 11.1. The van der Waals surface area contributed by atoms with Crippen molar-refractivity contribution in [3.63, 3.8) is 0 Å². The number of rotatable bonds is 6. The predicted molar refractivity (Wildman–Crippen MR) is 107 cm³/mol. The molecule has 0 aliphatic rings. The number of hydrogen-bond acceptors (Lipinski definition) is 4. The van der Waals surface area contributed by atoms with Crippen LogP contribution in [0.4, 0.5) is 0 Å². The van der Waals surface area contributed by atoms with Gasteiger partial charge in [0.05, 0.1) is 24.8 Å². The molecular formula is C22H19N5O. The molecule has 0 saturated carbocycles. The summed E-state index contributed by atoms with van der Waals surface area (Å²) in [5.74, 6) is -0.0501. The van der Waals surface area contributed by atoms with Gasteiger partial charge in [-0.1, -0.05) is 59.8 Å². The number of pyridine rings is 1. The molecule has 4 aromatic rings. The maximum atomic E-state index is 12.2. The Hall–Kier alpha value is -3.80. The smallest absolute Gasteiger partial charge is 0.224 e. The lowest BCUT2D eigenvalue weighted by atomic mass is 10.0. The quantitative estimate of drug-likeness (QED) is 0.566. The normalized spacial score (nSPS) is 10.6. The average molecular weight is 369 g/mol. The van der Waals surface area contributed by atoms with Crippen LogP contribution in [0.3, 0.4) is 0 Å². The fraction of sp³-hybridized carbons (Fsp3) is 0.0909. The van der Waals surface area contributed by atoms with Gasteiger partial charge >= 0.3 is 0 Å². The number of amides is 1. The average Bonchev–Trinajstić information content (AvgIpc) is 3.23. The molecule has 0 atom stereocenters. The van der Waals surface area contributed by atoms with E-state index < -0.39 is 0 Å². The van der Waals surface area contributed by atoms with Crippen LogP contribution in [0.5, 0.6) is 0 Å². The molecule has 1 amide bonds. The van der Waals surface area contributed by atoms with E-state index in [2.05, 4.69) is 32.7 Å². The molecule has 2 heterocycles. The minimum Gasteiger partial charge on any atom is -0.350 e. The van der Waals surface area contributed by atoms with Crippen molar-refractivity contribution < 1.29 is 4.79 Å². The first-order valence-electron chi connectivity index (χ1n) is 9.00. The third kappa shape index (κ3) is 4.29. The number of nitrogens with zero attached hydrogens (tertiary/aromatic N) is 4. The molecule has 0 aliphatic heterocycles. The first kappa shape index (κ1) is 17.6. The van der Waals surface area contributed by atoms with Crippen LogP contribution in [0, 0.1) is 0 Å². The summed E-state index contributed by atoms with van der Waals surface area (Å²) in [4.78, 5) is 16.2. The van der Waals surface area contributed by atoms with E-state index in [0.717, 1.165) is 22.4 Å². The van der Waals surface area contributed by atoms with Crippen LogP contribution in [-0.2, 0) is 17.8 Å². The van der Waals surface area contributed by atoms with Crippen LogP contribution in [-0.4, -0.2) is 25.9 Å². The van der Waals surface area contributed by atoms with E-state index in [0.29, 0.717) is 18.7 Å². The van der Waals surface area contributed by atoms with Gasteiger partial charge in [-0.15, -0.1) is 5.10 Å². The zero-order chi connectivity index (χ0) is 19.2. The largest absolute Gasteiger partial charge is 0.350 e. The maximum absolute atomic E-state index is 12.2. The lowest BCUT2D eigenvalue weighted by molar-refractivity contribution is -0.120. The molecule has 138 valence electrons. The number of nitrogens with one attached hydrogen (secondary N) is 1. The third-order valence-corrected chi connectivity index (χ3v) is 4.36. The molecule has 0 bridgehead atoms. The minimum atomic E-state index is -0.0501. The second-order valence-electron chi connectivity index (χ2n) is 6.38. The van der Waals surface area contributed by atoms with Gasteiger partial charge in [-0.05, 0) is 28.8 Å². The Kier molecular flexibility index (Phi) is 5.20. The first-order valence-corrected chi connectivity index (χ1v) is 9.00. The monoisotopic (exact) mass is 369 g/mol. The molecule has 6 nitrogen and oxygen atoms in total. The topological polar surface area (TPSA) is 72.7 Å². The zero-order valence-corrected chi connectivity index (χ0v) is 15.2. The maximum Gasteiger partial charge on any atom is 0.224 e. The molecule has 0 unspecified atom stereocenters. The number of aromatic nitrogens is 4. The van der Waals surface area contributed by atoms with E-state index in [4.69, 9.17) is 0 Å². The molecule has 0 fully saturated rings. The van der Waals surface area contributed by atoms with Crippen molar-refractivity contribution in [3.05, 3.63) is 96.6 Å². The molecule has 28 heavy (non-hydrogen) atoms. The summed E-state index contributed by atoms with van der Waals surface area (Å²) in [6, 6.07) is 21.9. The zero-order valence-electron chi connectivity index (χ0n) is 15.2. The van der Waals surface area contributed by atoms with E-state index in [1.165, 1.54) is 0 Å². The van der Waals surface area contributed by atoms with Crippen molar-refractivity contribution in [3.8, 4) is 16.8 Å². The fourth-order valence-electron chi connectivity index (χ4n) is 2.89. The Labute approximate surface area is 162 Å². The van der Waals surface area contributed by atoms with Crippen LogP contribution >= 0.6 is 0 Å². The van der Waals surface area contributed by atoms with Gasteiger partial charge < -0.3 is 5.32 Å². The van der Waals surface area contributed by atoms with Gasteiger partial charge in [0.15, 0.2) is 0 Å². The second-order valence-corrected chi connectivity index (χ2v) is 6.38. The van der Waals surface area contributed by atoms with Crippen molar-refractivity contribution in [2.45, 2.75) is 13.0 Å². The standard InChI is InChI=1S/C22H19N5O/c28-22(14-17-6-8-19(9-7-17)18-4-2-1-3-5-18)24-15-20-16-27(26-25-20)21-10-12-23-13-11-21/h1-13,16H,14-15H2,(H,24,28). The molecule has 2 aromatic heterocycles. The predicted octanol–water partition coefficient (Wildman–Crippen LogP) is 3.19. The Morgan fingerprint density at radius 2 is 1.61 bits per heavy atom. The highest BCUT2D eigenvalue weighted by Crippen LogP contribution is 2.19. The molecule has 2 aromatic carbocycles. The number of benzene rings is 2. The van der Waals surface area contributed by atoms with Gasteiger partial charge in [0.2, 0.25) is 5.91 Å². The summed E-state index contributed by atoms with van der Waals surface area (Å²) in [5.41, 5.74) is 4.84. The highest BCUT2D eigenvalue weighted by Gasteiger charge is 2.07. The van der Waals surface area contributed by atoms with Crippen LogP contribution < -0.4 is 5.32 Å². The van der Waals surface area contributed by atoms with Crippen molar-refractivity contribution in [2.24, 2.45) is 0 Å². The van der Waals surface area contributed by atoms with E-state index in [1.807, 2.05) is 54.6 Å². The van der Waals surface area contributed by atoms with Gasteiger partial charge in [-0.2, -0.15) is 0 Å². The second kappa shape index (κ2) is 8.26. The van der Waals surface area contributed by atoms with Gasteiger partial charge in [0.1, 0.15) is 5.69 Å². The van der Waals surface area contributed by atoms with E-state index in [9.17, 15) is 4.79 Å². The lowest BCUT2D eigenvalue weighted by Gasteiger charge is -2.05. The van der Waals surface area contributed by atoms with Crippen molar-refractivity contribution in [2.75, 3.05) is 0 Å². The summed E-state index contributed by atoms with van der Waals surface area (Å²) in [6.45, 7) is 0.339. The molecule has 4 rings (SSSR count). The van der Waals surface area contributed by atoms with Crippen LogP contribution in [0.2, 0.25) is 0 Å². The Bertz CT molecular complexity index is 1040. The minimum absolute atomic E-state index is 0.0501. The van der Waals surface area contributed by atoms with E-state index >= 15 is 0 Å². The third-order valence-electron chi connectivity index (χ3n) is 4.36. The van der Waals surface area contributed by atoms with Crippen molar-refractivity contribution >= 4 is 5.91 Å². The van der Waals surface area contributed by atoms with Crippen LogP contribution in [0.15, 0.2) is 85.3 Å². The van der Waals surface area contributed by atoms with Crippen molar-refractivity contribution in [1.29, 1.82) is 0 Å². The molecule has 0 aliphatic carbocycles. The molecule has 0 radical (unpaired) electrons. The summed E-state index contributed by atoms with van der Waals surface area (Å²) >= 11 is 0. The molecule has 0 spiro atoms. The van der Waals surface area contributed by atoms with Crippen LogP contribution in [0.25, 0.3) is 16.8 Å². The fourth-order valence-corrected chi connectivity index (χ4v) is 2.89. The lowest BCUT2D eigenvalue weighted by Crippen LogP contribution is -2.24. The van der Waals surface area contributed by atoms with E-state index in [-0.39, 0.29) is 5.91 Å². The highest BCUT2D eigenvalue weighted by atomic mass is 16.1.